The molecule has 0 aliphatic carbocycles. The van der Waals surface area contributed by atoms with Gasteiger partial charge >= 0.3 is 5.97 Å². The molecule has 1 fully saturated rings. The van der Waals surface area contributed by atoms with Crippen LogP contribution in [0.3, 0.4) is 0 Å². The summed E-state index contributed by atoms with van der Waals surface area (Å²) in [4.78, 5) is 27.8. The lowest BCUT2D eigenvalue weighted by Crippen LogP contribution is -2.68. The Morgan fingerprint density at radius 2 is 2.04 bits per heavy atom. The summed E-state index contributed by atoms with van der Waals surface area (Å²) in [5, 5.41) is 13.5. The summed E-state index contributed by atoms with van der Waals surface area (Å²) in [7, 11) is 0. The van der Waals surface area contributed by atoms with Gasteiger partial charge in [0, 0.05) is 25.0 Å². The molecule has 24 heavy (non-hydrogen) atoms. The number of carbonyl (C=O) groups excluding carboxylic acids is 1. The van der Waals surface area contributed by atoms with Gasteiger partial charge in [-0.05, 0) is 29.4 Å². The van der Waals surface area contributed by atoms with Gasteiger partial charge in [-0.2, -0.15) is 0 Å². The normalized spacial score (nSPS) is 31.6. The number of rotatable bonds is 1. The van der Waals surface area contributed by atoms with Crippen molar-refractivity contribution in [2.75, 3.05) is 24.5 Å². The van der Waals surface area contributed by atoms with Gasteiger partial charge in [-0.3, -0.25) is 9.59 Å². The minimum absolute atomic E-state index is 0.193. The summed E-state index contributed by atoms with van der Waals surface area (Å²) in [5.74, 6) is -1.25. The van der Waals surface area contributed by atoms with Crippen molar-refractivity contribution in [3.8, 4) is 0 Å². The van der Waals surface area contributed by atoms with E-state index in [0.29, 0.717) is 13.1 Å². The highest BCUT2D eigenvalue weighted by atomic mass is 16.4. The molecule has 0 bridgehead atoms. The Kier molecular flexibility index (Phi) is 3.00. The molecule has 1 saturated heterocycles. The van der Waals surface area contributed by atoms with Crippen LogP contribution in [-0.4, -0.2) is 36.6 Å². The predicted octanol–water partition coefficient (Wildman–Crippen LogP) is 1.94. The largest absolute Gasteiger partial charge is 0.480 e. The highest BCUT2D eigenvalue weighted by Crippen LogP contribution is 2.62. The zero-order valence-electron chi connectivity index (χ0n) is 14.5. The van der Waals surface area contributed by atoms with Crippen molar-refractivity contribution in [3.05, 3.63) is 29.3 Å². The van der Waals surface area contributed by atoms with Crippen LogP contribution in [0.1, 0.15) is 38.3 Å². The summed E-state index contributed by atoms with van der Waals surface area (Å²) < 4.78 is 0. The van der Waals surface area contributed by atoms with E-state index in [9.17, 15) is 14.7 Å². The first-order chi connectivity index (χ1) is 11.3. The Labute approximate surface area is 142 Å². The zero-order valence-corrected chi connectivity index (χ0v) is 14.5. The molecule has 0 spiro atoms. The summed E-state index contributed by atoms with van der Waals surface area (Å²) in [6.07, 6.45) is 1.83. The van der Waals surface area contributed by atoms with Crippen LogP contribution in [0.25, 0.3) is 0 Å². The second-order valence-corrected chi connectivity index (χ2v) is 8.34. The average Bonchev–Trinajstić information content (AvgIpc) is 2.95. The third-order valence-electron chi connectivity index (χ3n) is 6.44. The molecule has 0 aromatic heterocycles. The van der Waals surface area contributed by atoms with Crippen molar-refractivity contribution in [1.29, 1.82) is 0 Å². The fourth-order valence-corrected chi connectivity index (χ4v) is 5.41. The number of anilines is 1. The van der Waals surface area contributed by atoms with Gasteiger partial charge in [0.05, 0.1) is 5.69 Å². The fourth-order valence-electron chi connectivity index (χ4n) is 5.41. The highest BCUT2D eigenvalue weighted by Gasteiger charge is 2.73. The Bertz CT molecular complexity index is 751. The Hall–Kier alpha value is -1.88. The monoisotopic (exact) mass is 328 g/mol. The number of aryl methyl sites for hydroxylation is 1. The number of carbonyl (C=O) groups is 2. The van der Waals surface area contributed by atoms with Crippen molar-refractivity contribution in [2.24, 2.45) is 10.8 Å². The lowest BCUT2D eigenvalue weighted by Gasteiger charge is -2.56. The van der Waals surface area contributed by atoms with Crippen LogP contribution in [0.5, 0.6) is 0 Å². The molecule has 1 amide bonds. The molecule has 128 valence electrons. The molecule has 3 aliphatic heterocycles. The molecule has 2 N–H and O–H groups in total. The molecular formula is C19H24N2O3. The molecular weight excluding hydrogens is 304 g/mol. The van der Waals surface area contributed by atoms with E-state index in [1.54, 1.807) is 4.90 Å². The van der Waals surface area contributed by atoms with Gasteiger partial charge in [0.15, 0.2) is 5.41 Å². The lowest BCUT2D eigenvalue weighted by atomic mass is 9.48. The van der Waals surface area contributed by atoms with E-state index in [1.807, 2.05) is 12.1 Å². The van der Waals surface area contributed by atoms with E-state index in [4.69, 9.17) is 0 Å². The van der Waals surface area contributed by atoms with Crippen LogP contribution in [0.4, 0.5) is 5.69 Å². The summed E-state index contributed by atoms with van der Waals surface area (Å²) in [6.45, 7) is 7.49. The number of nitrogens with zero attached hydrogens (tertiary/aromatic N) is 1. The summed E-state index contributed by atoms with van der Waals surface area (Å²) in [5.41, 5.74) is 0.615. The van der Waals surface area contributed by atoms with Crippen molar-refractivity contribution < 1.29 is 14.7 Å². The standard InChI is InChI=1S/C19H24N2O3/c1-17(2,3)19-11-20-10-18(19,16(23)24)15(22)21-9-5-7-12-6-4-8-13(19)14(12)21/h4,6,8,20H,5,7,9-11H2,1-3H3,(H,23,24). The first kappa shape index (κ1) is 15.6. The van der Waals surface area contributed by atoms with Crippen LogP contribution < -0.4 is 10.2 Å². The van der Waals surface area contributed by atoms with Gasteiger partial charge < -0.3 is 15.3 Å². The number of benzene rings is 1. The molecule has 5 nitrogen and oxygen atoms in total. The Morgan fingerprint density at radius 3 is 2.71 bits per heavy atom. The number of nitrogens with one attached hydrogen (secondary N) is 1. The first-order valence-electron chi connectivity index (χ1n) is 8.66. The molecule has 1 aromatic carbocycles. The maximum atomic E-state index is 13.5. The number of carboxylic acid groups (broad SMARTS) is 1. The van der Waals surface area contributed by atoms with Gasteiger partial charge in [0.2, 0.25) is 5.91 Å². The molecule has 3 aliphatic rings. The quantitative estimate of drug-likeness (QED) is 0.773. The third-order valence-corrected chi connectivity index (χ3v) is 6.44. The SMILES string of the molecule is CC(C)(C)C12CNCC1(C(=O)O)C(=O)N1CCCc3cccc2c31. The van der Waals surface area contributed by atoms with Gasteiger partial charge in [0.1, 0.15) is 0 Å². The van der Waals surface area contributed by atoms with E-state index in [0.717, 1.165) is 24.1 Å². The number of aliphatic carboxylic acids is 1. The van der Waals surface area contributed by atoms with Gasteiger partial charge in [-0.15, -0.1) is 0 Å². The van der Waals surface area contributed by atoms with Crippen LogP contribution in [-0.2, 0) is 21.4 Å². The number of carboxylic acids is 1. The van der Waals surface area contributed by atoms with Crippen LogP contribution >= 0.6 is 0 Å². The van der Waals surface area contributed by atoms with Crippen molar-refractivity contribution in [2.45, 2.75) is 39.0 Å². The maximum absolute atomic E-state index is 13.5. The first-order valence-corrected chi connectivity index (χ1v) is 8.66. The zero-order chi connectivity index (χ0) is 17.3. The van der Waals surface area contributed by atoms with Crippen LogP contribution in [0.2, 0.25) is 0 Å². The topological polar surface area (TPSA) is 69.6 Å². The van der Waals surface area contributed by atoms with Crippen molar-refractivity contribution >= 4 is 17.6 Å². The number of hydrogen-bond acceptors (Lipinski definition) is 3. The van der Waals surface area contributed by atoms with Crippen LogP contribution in [0, 0.1) is 10.8 Å². The van der Waals surface area contributed by atoms with Gasteiger partial charge in [0.25, 0.3) is 0 Å². The fraction of sp³-hybridized carbons (Fsp3) is 0.579. The molecule has 5 heteroatoms. The van der Waals surface area contributed by atoms with E-state index < -0.39 is 16.8 Å². The minimum atomic E-state index is -1.44. The number of para-hydroxylation sites is 1. The molecule has 0 radical (unpaired) electrons. The molecule has 4 rings (SSSR count). The minimum Gasteiger partial charge on any atom is -0.480 e. The average molecular weight is 328 g/mol. The molecule has 2 unspecified atom stereocenters. The van der Waals surface area contributed by atoms with Gasteiger partial charge in [-0.25, -0.2) is 0 Å². The summed E-state index contributed by atoms with van der Waals surface area (Å²) in [6, 6.07) is 6.14. The summed E-state index contributed by atoms with van der Waals surface area (Å²) >= 11 is 0. The van der Waals surface area contributed by atoms with E-state index >= 15 is 0 Å². The smallest absolute Gasteiger partial charge is 0.321 e. The van der Waals surface area contributed by atoms with Crippen molar-refractivity contribution in [1.82, 2.24) is 5.32 Å². The van der Waals surface area contributed by atoms with Crippen LogP contribution in [0.15, 0.2) is 18.2 Å². The third kappa shape index (κ3) is 1.50. The van der Waals surface area contributed by atoms with Gasteiger partial charge in [-0.1, -0.05) is 39.0 Å². The van der Waals surface area contributed by atoms with E-state index in [1.165, 1.54) is 5.56 Å². The van der Waals surface area contributed by atoms with E-state index in [-0.39, 0.29) is 17.9 Å². The lowest BCUT2D eigenvalue weighted by molar-refractivity contribution is -0.162. The molecule has 2 atom stereocenters. The van der Waals surface area contributed by atoms with Crippen molar-refractivity contribution in [3.63, 3.8) is 0 Å². The number of fused-ring (bicyclic) bond motifs is 2. The predicted molar refractivity (Wildman–Crippen MR) is 91.2 cm³/mol. The van der Waals surface area contributed by atoms with E-state index in [2.05, 4.69) is 32.2 Å². The Balaban J connectivity index is 2.15. The number of amides is 1. The second-order valence-electron chi connectivity index (χ2n) is 8.34. The number of hydrogen-bond donors (Lipinski definition) is 2. The molecule has 3 heterocycles. The molecule has 0 saturated carbocycles. The maximum Gasteiger partial charge on any atom is 0.321 e. The second kappa shape index (κ2) is 4.60. The Morgan fingerprint density at radius 1 is 1.29 bits per heavy atom. The highest BCUT2D eigenvalue weighted by molar-refractivity contribution is 6.15. The molecule has 1 aromatic rings.